The average molecular weight is 283 g/mol. The Morgan fingerprint density at radius 3 is 2.67 bits per heavy atom. The molecule has 0 spiro atoms. The van der Waals surface area contributed by atoms with E-state index in [1.165, 1.54) is 13.4 Å². The third kappa shape index (κ3) is 2.66. The van der Waals surface area contributed by atoms with Crippen LogP contribution < -0.4 is 10.1 Å². The minimum Gasteiger partial charge on any atom is -0.481 e. The summed E-state index contributed by atoms with van der Waals surface area (Å²) in [6.45, 7) is 0. The van der Waals surface area contributed by atoms with Crippen molar-refractivity contribution in [3.8, 4) is 28.9 Å². The van der Waals surface area contributed by atoms with Gasteiger partial charge < -0.3 is 14.6 Å². The Morgan fingerprint density at radius 1 is 1.14 bits per heavy atom. The third-order valence-corrected chi connectivity index (χ3v) is 2.93. The highest BCUT2D eigenvalue weighted by atomic mass is 16.5. The Labute approximate surface area is 121 Å². The van der Waals surface area contributed by atoms with Gasteiger partial charge in [0.25, 0.3) is 5.89 Å². The molecule has 0 bridgehead atoms. The van der Waals surface area contributed by atoms with E-state index in [-0.39, 0.29) is 0 Å². The highest BCUT2D eigenvalue weighted by molar-refractivity contribution is 5.60. The summed E-state index contributed by atoms with van der Waals surface area (Å²) >= 11 is 0. The molecule has 0 aliphatic rings. The minimum atomic E-state index is 0.392. The maximum atomic E-state index is 5.27. The molecule has 1 aromatic carbocycles. The standard InChI is InChI=1S/C14H13N5O2/c1-15-10-5-3-9(4-6-10)14-18-13(19-21-14)11-7-12(20-2)17-8-16-11/h3-8,15H,1-2H3. The largest absolute Gasteiger partial charge is 0.481 e. The van der Waals surface area contributed by atoms with Crippen LogP contribution in [0.3, 0.4) is 0 Å². The van der Waals surface area contributed by atoms with Crippen molar-refractivity contribution in [3.05, 3.63) is 36.7 Å². The van der Waals surface area contributed by atoms with Crippen molar-refractivity contribution in [1.82, 2.24) is 20.1 Å². The lowest BCUT2D eigenvalue weighted by atomic mass is 10.2. The summed E-state index contributed by atoms with van der Waals surface area (Å²) in [6.07, 6.45) is 1.39. The van der Waals surface area contributed by atoms with Crippen LogP contribution >= 0.6 is 0 Å². The molecule has 7 nitrogen and oxygen atoms in total. The fourth-order valence-corrected chi connectivity index (χ4v) is 1.80. The van der Waals surface area contributed by atoms with Gasteiger partial charge in [-0.3, -0.25) is 0 Å². The summed E-state index contributed by atoms with van der Waals surface area (Å²) < 4.78 is 10.3. The number of anilines is 1. The smallest absolute Gasteiger partial charge is 0.258 e. The summed E-state index contributed by atoms with van der Waals surface area (Å²) in [5.41, 5.74) is 2.40. The van der Waals surface area contributed by atoms with E-state index in [0.29, 0.717) is 23.3 Å². The third-order valence-electron chi connectivity index (χ3n) is 2.93. The van der Waals surface area contributed by atoms with Crippen LogP contribution in [0.25, 0.3) is 23.0 Å². The number of aromatic nitrogens is 4. The Bertz CT molecular complexity index is 739. The van der Waals surface area contributed by atoms with Crippen LogP contribution in [0.4, 0.5) is 5.69 Å². The van der Waals surface area contributed by atoms with Crippen LogP contribution in [-0.4, -0.2) is 34.3 Å². The first-order chi connectivity index (χ1) is 10.3. The van der Waals surface area contributed by atoms with E-state index in [0.717, 1.165) is 11.3 Å². The molecule has 21 heavy (non-hydrogen) atoms. The molecular weight excluding hydrogens is 270 g/mol. The molecule has 106 valence electrons. The number of nitrogens with one attached hydrogen (secondary N) is 1. The number of methoxy groups -OCH3 is 1. The van der Waals surface area contributed by atoms with Crippen LogP contribution in [0.1, 0.15) is 0 Å². The van der Waals surface area contributed by atoms with Crippen molar-refractivity contribution >= 4 is 5.69 Å². The normalized spacial score (nSPS) is 10.4. The first-order valence-corrected chi connectivity index (χ1v) is 6.28. The molecule has 0 amide bonds. The van der Waals surface area contributed by atoms with Crippen molar-refractivity contribution in [2.45, 2.75) is 0 Å². The lowest BCUT2D eigenvalue weighted by molar-refractivity contribution is 0.397. The zero-order chi connectivity index (χ0) is 14.7. The monoisotopic (exact) mass is 283 g/mol. The number of ether oxygens (including phenoxy) is 1. The van der Waals surface area contributed by atoms with Crippen LogP contribution in [0.2, 0.25) is 0 Å². The van der Waals surface area contributed by atoms with E-state index in [9.17, 15) is 0 Å². The molecular formula is C14H13N5O2. The predicted molar refractivity (Wildman–Crippen MR) is 76.9 cm³/mol. The first kappa shape index (κ1) is 13.0. The van der Waals surface area contributed by atoms with E-state index in [2.05, 4.69) is 25.4 Å². The summed E-state index contributed by atoms with van der Waals surface area (Å²) in [5, 5.41) is 6.99. The maximum Gasteiger partial charge on any atom is 0.258 e. The lowest BCUT2D eigenvalue weighted by Gasteiger charge is -1.99. The molecule has 2 heterocycles. The van der Waals surface area contributed by atoms with Crippen molar-refractivity contribution in [2.75, 3.05) is 19.5 Å². The van der Waals surface area contributed by atoms with Gasteiger partial charge in [0.2, 0.25) is 11.7 Å². The molecule has 3 aromatic rings. The van der Waals surface area contributed by atoms with Gasteiger partial charge in [0.1, 0.15) is 12.0 Å². The average Bonchev–Trinajstić information content (AvgIpc) is 3.05. The van der Waals surface area contributed by atoms with Crippen LogP contribution in [-0.2, 0) is 0 Å². The molecule has 0 fully saturated rings. The quantitative estimate of drug-likeness (QED) is 0.785. The zero-order valence-corrected chi connectivity index (χ0v) is 11.6. The van der Waals surface area contributed by atoms with Gasteiger partial charge in [0.05, 0.1) is 7.11 Å². The first-order valence-electron chi connectivity index (χ1n) is 6.28. The summed E-state index contributed by atoms with van der Waals surface area (Å²) in [5.74, 6) is 1.28. The van der Waals surface area contributed by atoms with E-state index in [4.69, 9.17) is 9.26 Å². The maximum absolute atomic E-state index is 5.27. The second-order valence-electron chi connectivity index (χ2n) is 4.20. The lowest BCUT2D eigenvalue weighted by Crippen LogP contribution is -1.92. The van der Waals surface area contributed by atoms with Crippen LogP contribution in [0.5, 0.6) is 5.88 Å². The number of hydrogen-bond donors (Lipinski definition) is 1. The number of hydrogen-bond acceptors (Lipinski definition) is 7. The topological polar surface area (TPSA) is 86.0 Å². The van der Waals surface area contributed by atoms with Gasteiger partial charge in [-0.25, -0.2) is 9.97 Å². The molecule has 0 aliphatic heterocycles. The number of rotatable bonds is 4. The Kier molecular flexibility index (Phi) is 3.46. The van der Waals surface area contributed by atoms with Gasteiger partial charge in [0.15, 0.2) is 0 Å². The fourth-order valence-electron chi connectivity index (χ4n) is 1.80. The molecule has 7 heteroatoms. The summed E-state index contributed by atoms with van der Waals surface area (Å²) in [7, 11) is 3.40. The Balaban J connectivity index is 1.91. The van der Waals surface area contributed by atoms with Gasteiger partial charge in [-0.05, 0) is 24.3 Å². The second-order valence-corrected chi connectivity index (χ2v) is 4.20. The molecule has 0 saturated heterocycles. The highest BCUT2D eigenvalue weighted by Gasteiger charge is 2.12. The highest BCUT2D eigenvalue weighted by Crippen LogP contribution is 2.23. The van der Waals surface area contributed by atoms with Gasteiger partial charge in [-0.15, -0.1) is 0 Å². The predicted octanol–water partition coefficient (Wildman–Crippen LogP) is 2.24. The van der Waals surface area contributed by atoms with E-state index in [1.54, 1.807) is 6.07 Å². The van der Waals surface area contributed by atoms with E-state index >= 15 is 0 Å². The van der Waals surface area contributed by atoms with Crippen molar-refractivity contribution in [1.29, 1.82) is 0 Å². The zero-order valence-electron chi connectivity index (χ0n) is 11.6. The molecule has 2 aromatic heterocycles. The van der Waals surface area contributed by atoms with Crippen molar-refractivity contribution in [3.63, 3.8) is 0 Å². The van der Waals surface area contributed by atoms with Gasteiger partial charge in [-0.2, -0.15) is 4.98 Å². The molecule has 0 atom stereocenters. The fraction of sp³-hybridized carbons (Fsp3) is 0.143. The summed E-state index contributed by atoms with van der Waals surface area (Å²) in [6, 6.07) is 9.34. The molecule has 0 radical (unpaired) electrons. The Hall–Kier alpha value is -2.96. The molecule has 3 rings (SSSR count). The second kappa shape index (κ2) is 5.58. The molecule has 0 saturated carbocycles. The van der Waals surface area contributed by atoms with Gasteiger partial charge in [-0.1, -0.05) is 5.16 Å². The van der Waals surface area contributed by atoms with Gasteiger partial charge >= 0.3 is 0 Å². The van der Waals surface area contributed by atoms with E-state index < -0.39 is 0 Å². The van der Waals surface area contributed by atoms with Crippen LogP contribution in [0.15, 0.2) is 41.2 Å². The number of benzene rings is 1. The van der Waals surface area contributed by atoms with E-state index in [1.807, 2.05) is 31.3 Å². The van der Waals surface area contributed by atoms with Crippen molar-refractivity contribution < 1.29 is 9.26 Å². The van der Waals surface area contributed by atoms with Gasteiger partial charge in [0, 0.05) is 24.4 Å². The Morgan fingerprint density at radius 2 is 1.95 bits per heavy atom. The minimum absolute atomic E-state index is 0.392. The number of nitrogens with zero attached hydrogens (tertiary/aromatic N) is 4. The molecule has 0 unspecified atom stereocenters. The SMILES string of the molecule is CNc1ccc(-c2nc(-c3cc(OC)ncn3)no2)cc1. The van der Waals surface area contributed by atoms with Crippen LogP contribution in [0, 0.1) is 0 Å². The van der Waals surface area contributed by atoms with Crippen molar-refractivity contribution in [2.24, 2.45) is 0 Å². The molecule has 1 N–H and O–H groups in total. The molecule has 0 aliphatic carbocycles. The summed E-state index contributed by atoms with van der Waals surface area (Å²) in [4.78, 5) is 12.4.